The molecule has 0 aliphatic heterocycles. The van der Waals surface area contributed by atoms with Gasteiger partial charge in [0.25, 0.3) is 0 Å². The van der Waals surface area contributed by atoms with Crippen molar-refractivity contribution in [2.75, 3.05) is 13.2 Å². The Balaban J connectivity index is 1.57. The average molecular weight is 535 g/mol. The largest absolute Gasteiger partial charge is 0.480 e. The zero-order valence-electron chi connectivity index (χ0n) is 20.9. The number of hydrogen-bond donors (Lipinski definition) is 8. The number of aliphatic hydroxyl groups is 1. The third-order valence-corrected chi connectivity index (χ3v) is 6.47. The number of nitrogens with one attached hydrogen (secondary N) is 5. The van der Waals surface area contributed by atoms with Crippen LogP contribution in [0.25, 0.3) is 21.8 Å². The SMILES string of the molecule is NCC(=O)NC(CO)C(=O)NC(Cc1c[nH]c2ccccc12)C(=O)NC(Cc1c[nH]c2ccccc12)C(=O)O. The van der Waals surface area contributed by atoms with E-state index in [1.54, 1.807) is 12.4 Å². The van der Waals surface area contributed by atoms with E-state index in [0.717, 1.165) is 21.8 Å². The van der Waals surface area contributed by atoms with Crippen molar-refractivity contribution in [1.82, 2.24) is 25.9 Å². The standard InChI is InChI=1S/C27H30N6O6/c28-11-24(35)31-23(14-34)26(37)32-21(9-15-12-29-19-7-3-1-5-17(15)19)25(36)33-22(27(38)39)10-16-13-30-20-8-4-2-6-18(16)20/h1-8,12-13,21-23,29-30,34H,9-11,14,28H2,(H,31,35)(H,32,37)(H,33,36)(H,38,39). The van der Waals surface area contributed by atoms with Gasteiger partial charge >= 0.3 is 5.97 Å². The van der Waals surface area contributed by atoms with Crippen LogP contribution in [0.3, 0.4) is 0 Å². The number of amides is 3. The van der Waals surface area contributed by atoms with Gasteiger partial charge in [0.2, 0.25) is 17.7 Å². The van der Waals surface area contributed by atoms with Gasteiger partial charge in [0, 0.05) is 47.0 Å². The number of hydrogen-bond acceptors (Lipinski definition) is 6. The van der Waals surface area contributed by atoms with Gasteiger partial charge in [-0.1, -0.05) is 36.4 Å². The first-order chi connectivity index (χ1) is 18.8. The number of nitrogens with two attached hydrogens (primary N) is 1. The second-order valence-corrected chi connectivity index (χ2v) is 9.09. The molecular weight excluding hydrogens is 504 g/mol. The minimum Gasteiger partial charge on any atom is -0.480 e. The smallest absolute Gasteiger partial charge is 0.326 e. The number of aromatic nitrogens is 2. The molecule has 0 bridgehead atoms. The van der Waals surface area contributed by atoms with Crippen molar-refractivity contribution in [2.24, 2.45) is 5.73 Å². The van der Waals surface area contributed by atoms with Gasteiger partial charge in [-0.3, -0.25) is 14.4 Å². The summed E-state index contributed by atoms with van der Waals surface area (Å²) in [5.41, 5.74) is 8.37. The van der Waals surface area contributed by atoms with Gasteiger partial charge in [-0.2, -0.15) is 0 Å². The number of carbonyl (C=O) groups excluding carboxylic acids is 3. The predicted molar refractivity (Wildman–Crippen MR) is 144 cm³/mol. The average Bonchev–Trinajstić information content (AvgIpc) is 3.54. The van der Waals surface area contributed by atoms with E-state index in [1.807, 2.05) is 48.5 Å². The molecule has 204 valence electrons. The monoisotopic (exact) mass is 534 g/mol. The molecule has 39 heavy (non-hydrogen) atoms. The van der Waals surface area contributed by atoms with Crippen molar-refractivity contribution < 1.29 is 29.4 Å². The second-order valence-electron chi connectivity index (χ2n) is 9.09. The molecule has 4 rings (SSSR count). The van der Waals surface area contributed by atoms with Crippen molar-refractivity contribution >= 4 is 45.5 Å². The van der Waals surface area contributed by atoms with E-state index in [-0.39, 0.29) is 12.8 Å². The van der Waals surface area contributed by atoms with Gasteiger partial charge in [0.05, 0.1) is 13.2 Å². The lowest BCUT2D eigenvalue weighted by molar-refractivity contribution is -0.142. The van der Waals surface area contributed by atoms with E-state index in [0.29, 0.717) is 11.1 Å². The Morgan fingerprint density at radius 2 is 1.23 bits per heavy atom. The number of para-hydroxylation sites is 2. The Morgan fingerprint density at radius 3 is 1.74 bits per heavy atom. The van der Waals surface area contributed by atoms with Crippen molar-refractivity contribution in [3.63, 3.8) is 0 Å². The van der Waals surface area contributed by atoms with Crippen LogP contribution in [0.1, 0.15) is 11.1 Å². The van der Waals surface area contributed by atoms with Gasteiger partial charge in [0.1, 0.15) is 18.1 Å². The summed E-state index contributed by atoms with van der Waals surface area (Å²) >= 11 is 0. The molecule has 0 spiro atoms. The van der Waals surface area contributed by atoms with E-state index in [2.05, 4.69) is 25.9 Å². The molecule has 2 aromatic heterocycles. The molecule has 0 fully saturated rings. The number of H-pyrrole nitrogens is 2. The van der Waals surface area contributed by atoms with Crippen molar-refractivity contribution in [1.29, 1.82) is 0 Å². The zero-order valence-corrected chi connectivity index (χ0v) is 20.9. The molecule has 12 nitrogen and oxygen atoms in total. The fourth-order valence-electron chi connectivity index (χ4n) is 4.44. The Kier molecular flexibility index (Phi) is 8.59. The zero-order chi connectivity index (χ0) is 27.9. The summed E-state index contributed by atoms with van der Waals surface area (Å²) in [6.45, 7) is -1.12. The molecule has 0 aliphatic rings. The topological polar surface area (TPSA) is 202 Å². The van der Waals surface area contributed by atoms with Crippen LogP contribution in [0.2, 0.25) is 0 Å². The highest BCUT2D eigenvalue weighted by Crippen LogP contribution is 2.21. The first kappa shape index (κ1) is 27.4. The molecule has 3 amide bonds. The molecule has 0 radical (unpaired) electrons. The van der Waals surface area contributed by atoms with Crippen molar-refractivity contribution in [3.05, 3.63) is 72.1 Å². The quantitative estimate of drug-likeness (QED) is 0.124. The van der Waals surface area contributed by atoms with Crippen LogP contribution in [0.15, 0.2) is 60.9 Å². The Morgan fingerprint density at radius 1 is 0.744 bits per heavy atom. The number of carbonyl (C=O) groups is 4. The third kappa shape index (κ3) is 6.43. The van der Waals surface area contributed by atoms with Crippen LogP contribution < -0.4 is 21.7 Å². The molecule has 2 aromatic carbocycles. The van der Waals surface area contributed by atoms with Crippen molar-refractivity contribution in [3.8, 4) is 0 Å². The normalized spacial score (nSPS) is 13.5. The lowest BCUT2D eigenvalue weighted by Gasteiger charge is -2.24. The molecule has 2 heterocycles. The minimum atomic E-state index is -1.35. The number of carboxylic acids is 1. The Labute approximate surface area is 223 Å². The molecule has 12 heteroatoms. The maximum Gasteiger partial charge on any atom is 0.326 e. The summed E-state index contributed by atoms with van der Waals surface area (Å²) in [5, 5.41) is 28.6. The number of aliphatic carboxylic acids is 1. The summed E-state index contributed by atoms with van der Waals surface area (Å²) in [5.74, 6) is -3.45. The van der Waals surface area contributed by atoms with Gasteiger partial charge < -0.3 is 41.9 Å². The number of carboxylic acid groups (broad SMARTS) is 1. The van der Waals surface area contributed by atoms with Crippen LogP contribution in [0.5, 0.6) is 0 Å². The molecule has 3 unspecified atom stereocenters. The maximum absolute atomic E-state index is 13.5. The summed E-state index contributed by atoms with van der Waals surface area (Å²) in [7, 11) is 0. The lowest BCUT2D eigenvalue weighted by atomic mass is 10.0. The highest BCUT2D eigenvalue weighted by molar-refractivity contribution is 5.95. The summed E-state index contributed by atoms with van der Waals surface area (Å²) in [6.07, 6.45) is 3.43. The Hall–Kier alpha value is -4.68. The van der Waals surface area contributed by atoms with Crippen LogP contribution in [-0.4, -0.2) is 75.1 Å². The molecule has 3 atom stereocenters. The first-order valence-corrected chi connectivity index (χ1v) is 12.3. The van der Waals surface area contributed by atoms with Gasteiger partial charge in [-0.05, 0) is 23.3 Å². The summed E-state index contributed by atoms with van der Waals surface area (Å²) in [4.78, 5) is 56.4. The molecule has 4 aromatic rings. The predicted octanol–water partition coefficient (Wildman–Crippen LogP) is -0.0756. The van der Waals surface area contributed by atoms with E-state index >= 15 is 0 Å². The van der Waals surface area contributed by atoms with Crippen molar-refractivity contribution in [2.45, 2.75) is 31.0 Å². The molecule has 0 aliphatic carbocycles. The fourth-order valence-corrected chi connectivity index (χ4v) is 4.44. The molecular formula is C27H30N6O6. The number of benzene rings is 2. The van der Waals surface area contributed by atoms with E-state index in [4.69, 9.17) is 5.73 Å². The maximum atomic E-state index is 13.5. The highest BCUT2D eigenvalue weighted by atomic mass is 16.4. The van der Waals surface area contributed by atoms with Gasteiger partial charge in [-0.25, -0.2) is 4.79 Å². The Bertz CT molecular complexity index is 1490. The highest BCUT2D eigenvalue weighted by Gasteiger charge is 2.30. The molecule has 0 saturated heterocycles. The number of aliphatic hydroxyl groups excluding tert-OH is 1. The van der Waals surface area contributed by atoms with Crippen LogP contribution >= 0.6 is 0 Å². The first-order valence-electron chi connectivity index (χ1n) is 12.3. The van der Waals surface area contributed by atoms with Gasteiger partial charge in [-0.15, -0.1) is 0 Å². The third-order valence-electron chi connectivity index (χ3n) is 6.47. The number of fused-ring (bicyclic) bond motifs is 2. The fraction of sp³-hybridized carbons (Fsp3) is 0.259. The summed E-state index contributed by atoms with van der Waals surface area (Å²) in [6, 6.07) is 10.9. The van der Waals surface area contributed by atoms with Crippen LogP contribution in [-0.2, 0) is 32.0 Å². The molecule has 9 N–H and O–H groups in total. The van der Waals surface area contributed by atoms with Crippen LogP contribution in [0, 0.1) is 0 Å². The van der Waals surface area contributed by atoms with E-state index in [9.17, 15) is 29.4 Å². The minimum absolute atomic E-state index is 0.00462. The second kappa shape index (κ2) is 12.2. The molecule has 0 saturated carbocycles. The number of rotatable bonds is 12. The van der Waals surface area contributed by atoms with Gasteiger partial charge in [0.15, 0.2) is 0 Å². The van der Waals surface area contributed by atoms with Crippen LogP contribution in [0.4, 0.5) is 0 Å². The van der Waals surface area contributed by atoms with E-state index < -0.39 is 55.0 Å². The summed E-state index contributed by atoms with van der Waals surface area (Å²) < 4.78 is 0. The van der Waals surface area contributed by atoms with E-state index in [1.165, 1.54) is 0 Å². The number of aromatic amines is 2. The lowest BCUT2D eigenvalue weighted by Crippen LogP contribution is -2.57.